The Morgan fingerprint density at radius 2 is 2.46 bits per heavy atom. The molecular weight excluding hydrogens is 192 g/mol. The highest BCUT2D eigenvalue weighted by atomic mass is 35.5. The van der Waals surface area contributed by atoms with Crippen LogP contribution in [0.4, 0.5) is 0 Å². The van der Waals surface area contributed by atoms with E-state index in [2.05, 4.69) is 4.98 Å². The Kier molecular flexibility index (Phi) is 3.92. The van der Waals surface area contributed by atoms with E-state index in [1.54, 1.807) is 6.20 Å². The SMILES string of the molecule is CCOCCn1ccnc(Cl)c1=O. The molecule has 1 heterocycles. The fourth-order valence-corrected chi connectivity index (χ4v) is 1.07. The lowest BCUT2D eigenvalue weighted by Gasteiger charge is -2.04. The third-order valence-corrected chi connectivity index (χ3v) is 1.81. The minimum absolute atomic E-state index is 0.000927. The van der Waals surface area contributed by atoms with E-state index in [1.807, 2.05) is 6.92 Å². The van der Waals surface area contributed by atoms with Crippen molar-refractivity contribution in [2.24, 2.45) is 0 Å². The van der Waals surface area contributed by atoms with Gasteiger partial charge in [0.05, 0.1) is 6.61 Å². The van der Waals surface area contributed by atoms with Crippen molar-refractivity contribution < 1.29 is 4.74 Å². The third-order valence-electron chi connectivity index (χ3n) is 1.55. The zero-order valence-corrected chi connectivity index (χ0v) is 8.12. The Morgan fingerprint density at radius 1 is 1.69 bits per heavy atom. The van der Waals surface area contributed by atoms with Gasteiger partial charge in [-0.3, -0.25) is 4.79 Å². The number of hydrogen-bond donors (Lipinski definition) is 0. The Hall–Kier alpha value is -0.870. The van der Waals surface area contributed by atoms with Crippen LogP contribution >= 0.6 is 11.6 Å². The quantitative estimate of drug-likeness (QED) is 0.683. The lowest BCUT2D eigenvalue weighted by Crippen LogP contribution is -2.22. The fraction of sp³-hybridized carbons (Fsp3) is 0.500. The van der Waals surface area contributed by atoms with E-state index in [4.69, 9.17) is 16.3 Å². The molecule has 1 aromatic heterocycles. The summed E-state index contributed by atoms with van der Waals surface area (Å²) in [7, 11) is 0. The van der Waals surface area contributed by atoms with Gasteiger partial charge >= 0.3 is 0 Å². The van der Waals surface area contributed by atoms with Crippen molar-refractivity contribution >= 4 is 11.6 Å². The molecule has 13 heavy (non-hydrogen) atoms. The fourth-order valence-electron chi connectivity index (χ4n) is 0.904. The van der Waals surface area contributed by atoms with Gasteiger partial charge in [-0.05, 0) is 6.92 Å². The lowest BCUT2D eigenvalue weighted by molar-refractivity contribution is 0.138. The van der Waals surface area contributed by atoms with Crippen molar-refractivity contribution in [3.63, 3.8) is 0 Å². The molecule has 0 saturated heterocycles. The van der Waals surface area contributed by atoms with Gasteiger partial charge in [-0.25, -0.2) is 4.98 Å². The molecule has 1 rings (SSSR count). The van der Waals surface area contributed by atoms with Crippen LogP contribution in [0.15, 0.2) is 17.2 Å². The molecule has 72 valence electrons. The maximum absolute atomic E-state index is 11.3. The average molecular weight is 203 g/mol. The Bertz CT molecular complexity index is 324. The van der Waals surface area contributed by atoms with Crippen LogP contribution in [-0.2, 0) is 11.3 Å². The monoisotopic (exact) mass is 202 g/mol. The summed E-state index contributed by atoms with van der Waals surface area (Å²) in [4.78, 5) is 14.9. The molecule has 0 fully saturated rings. The predicted molar refractivity (Wildman–Crippen MR) is 50.0 cm³/mol. The highest BCUT2D eigenvalue weighted by Gasteiger charge is 2.00. The number of rotatable bonds is 4. The molecule has 1 aromatic rings. The normalized spacial score (nSPS) is 10.3. The largest absolute Gasteiger partial charge is 0.380 e. The van der Waals surface area contributed by atoms with Crippen LogP contribution in [-0.4, -0.2) is 22.8 Å². The van der Waals surface area contributed by atoms with Gasteiger partial charge in [-0.15, -0.1) is 0 Å². The molecule has 0 radical (unpaired) electrons. The standard InChI is InChI=1S/C8H11ClN2O2/c1-2-13-6-5-11-4-3-10-7(9)8(11)12/h3-4H,2,5-6H2,1H3. The Labute approximate surface area is 81.1 Å². The molecule has 0 atom stereocenters. The van der Waals surface area contributed by atoms with E-state index in [0.29, 0.717) is 19.8 Å². The van der Waals surface area contributed by atoms with Crippen LogP contribution in [0.1, 0.15) is 6.92 Å². The smallest absolute Gasteiger partial charge is 0.288 e. The third kappa shape index (κ3) is 2.82. The van der Waals surface area contributed by atoms with E-state index >= 15 is 0 Å². The molecule has 0 unspecified atom stereocenters. The van der Waals surface area contributed by atoms with Gasteiger partial charge in [0, 0.05) is 25.5 Å². The van der Waals surface area contributed by atoms with Gasteiger partial charge in [0.15, 0.2) is 5.15 Å². The van der Waals surface area contributed by atoms with E-state index in [0.717, 1.165) is 0 Å². The summed E-state index contributed by atoms with van der Waals surface area (Å²) < 4.78 is 6.59. The van der Waals surface area contributed by atoms with Gasteiger partial charge < -0.3 is 9.30 Å². The summed E-state index contributed by atoms with van der Waals surface area (Å²) in [5.41, 5.74) is -0.274. The van der Waals surface area contributed by atoms with E-state index in [9.17, 15) is 4.79 Å². The van der Waals surface area contributed by atoms with E-state index < -0.39 is 0 Å². The second kappa shape index (κ2) is 4.99. The van der Waals surface area contributed by atoms with Crippen LogP contribution < -0.4 is 5.56 Å². The molecule has 0 amide bonds. The lowest BCUT2D eigenvalue weighted by atomic mass is 10.6. The summed E-state index contributed by atoms with van der Waals surface area (Å²) in [5.74, 6) is 0. The van der Waals surface area contributed by atoms with Crippen molar-refractivity contribution in [3.8, 4) is 0 Å². The van der Waals surface area contributed by atoms with Gasteiger partial charge in [0.25, 0.3) is 5.56 Å². The van der Waals surface area contributed by atoms with Crippen LogP contribution in [0.3, 0.4) is 0 Å². The van der Waals surface area contributed by atoms with E-state index in [-0.39, 0.29) is 10.7 Å². The van der Waals surface area contributed by atoms with Gasteiger partial charge in [-0.2, -0.15) is 0 Å². The number of ether oxygens (including phenoxy) is 1. The van der Waals surface area contributed by atoms with Crippen molar-refractivity contribution in [3.05, 3.63) is 27.9 Å². The summed E-state index contributed by atoms with van der Waals surface area (Å²) in [6.07, 6.45) is 3.09. The van der Waals surface area contributed by atoms with Gasteiger partial charge in [-0.1, -0.05) is 11.6 Å². The van der Waals surface area contributed by atoms with Crippen LogP contribution in [0.2, 0.25) is 5.15 Å². The molecule has 0 spiro atoms. The molecular formula is C8H11ClN2O2. The molecule has 4 nitrogen and oxygen atoms in total. The first-order chi connectivity index (χ1) is 6.25. The zero-order chi connectivity index (χ0) is 9.68. The number of aromatic nitrogens is 2. The van der Waals surface area contributed by atoms with Crippen LogP contribution in [0.25, 0.3) is 0 Å². The first kappa shape index (κ1) is 10.2. The highest BCUT2D eigenvalue weighted by molar-refractivity contribution is 6.29. The molecule has 0 aliphatic rings. The van der Waals surface area contributed by atoms with E-state index in [1.165, 1.54) is 10.8 Å². The maximum atomic E-state index is 11.3. The van der Waals surface area contributed by atoms with Crippen molar-refractivity contribution in [2.75, 3.05) is 13.2 Å². The molecule has 0 N–H and O–H groups in total. The second-order valence-electron chi connectivity index (χ2n) is 2.41. The topological polar surface area (TPSA) is 44.1 Å². The molecule has 0 saturated carbocycles. The van der Waals surface area contributed by atoms with Crippen molar-refractivity contribution in [1.82, 2.24) is 9.55 Å². The average Bonchev–Trinajstić information content (AvgIpc) is 2.13. The minimum atomic E-state index is -0.274. The van der Waals surface area contributed by atoms with Crippen molar-refractivity contribution in [2.45, 2.75) is 13.5 Å². The number of hydrogen-bond acceptors (Lipinski definition) is 3. The molecule has 0 aliphatic carbocycles. The molecule has 0 aliphatic heterocycles. The summed E-state index contributed by atoms with van der Waals surface area (Å²) >= 11 is 5.54. The van der Waals surface area contributed by atoms with Gasteiger partial charge in [0.1, 0.15) is 0 Å². The maximum Gasteiger partial charge on any atom is 0.288 e. The summed E-state index contributed by atoms with van der Waals surface area (Å²) in [5, 5.41) is -0.000927. The van der Waals surface area contributed by atoms with Crippen molar-refractivity contribution in [1.29, 1.82) is 0 Å². The number of halogens is 1. The Balaban J connectivity index is 2.67. The Morgan fingerprint density at radius 3 is 3.15 bits per heavy atom. The molecule has 5 heteroatoms. The predicted octanol–water partition coefficient (Wildman–Crippen LogP) is 0.933. The highest BCUT2D eigenvalue weighted by Crippen LogP contribution is 1.93. The summed E-state index contributed by atoms with van der Waals surface area (Å²) in [6.45, 7) is 3.57. The zero-order valence-electron chi connectivity index (χ0n) is 7.36. The van der Waals surface area contributed by atoms with Crippen LogP contribution in [0.5, 0.6) is 0 Å². The van der Waals surface area contributed by atoms with Gasteiger partial charge in [0.2, 0.25) is 0 Å². The summed E-state index contributed by atoms with van der Waals surface area (Å²) in [6, 6.07) is 0. The van der Waals surface area contributed by atoms with Crippen LogP contribution in [0, 0.1) is 0 Å². The second-order valence-corrected chi connectivity index (χ2v) is 2.77. The number of nitrogens with zero attached hydrogens (tertiary/aromatic N) is 2. The minimum Gasteiger partial charge on any atom is -0.380 e. The first-order valence-corrected chi connectivity index (χ1v) is 4.42. The first-order valence-electron chi connectivity index (χ1n) is 4.04. The molecule has 0 bridgehead atoms. The molecule has 0 aromatic carbocycles.